The van der Waals surface area contributed by atoms with Gasteiger partial charge in [0.15, 0.2) is 0 Å². The molecule has 1 aliphatic heterocycles. The number of carbonyl (C=O) groups is 5. The van der Waals surface area contributed by atoms with E-state index in [0.29, 0.717) is 25.7 Å². The summed E-state index contributed by atoms with van der Waals surface area (Å²) in [7, 11) is 0. The van der Waals surface area contributed by atoms with Crippen LogP contribution in [0.2, 0.25) is 0 Å². The fraction of sp³-hybridized carbons (Fsp3) is 0.711. The Hall–Kier alpha value is -3.63. The fourth-order valence-corrected chi connectivity index (χ4v) is 10.6. The van der Waals surface area contributed by atoms with E-state index in [2.05, 4.69) is 19.9 Å². The first-order valence-corrected chi connectivity index (χ1v) is 17.5. The number of fused-ring (bicyclic) bond motifs is 5. The van der Waals surface area contributed by atoms with Crippen LogP contribution in [0.15, 0.2) is 34.7 Å². The van der Waals surface area contributed by atoms with Crippen LogP contribution in [0.1, 0.15) is 113 Å². The Morgan fingerprint density at radius 1 is 0.959 bits per heavy atom. The molecule has 3 fully saturated rings. The highest BCUT2D eigenvalue weighted by atomic mass is 16.6. The number of allylic oxidation sites excluding steroid dienone is 1. The molecular weight excluding hydrogens is 632 g/mol. The summed E-state index contributed by atoms with van der Waals surface area (Å²) in [6.45, 7) is 17.6. The van der Waals surface area contributed by atoms with Gasteiger partial charge >= 0.3 is 29.8 Å². The summed E-state index contributed by atoms with van der Waals surface area (Å²) in [5.41, 5.74) is -1.51. The van der Waals surface area contributed by atoms with Crippen LogP contribution in [0.25, 0.3) is 0 Å². The normalized spacial score (nSPS) is 37.4. The van der Waals surface area contributed by atoms with Crippen molar-refractivity contribution in [2.45, 2.75) is 137 Å². The zero-order chi connectivity index (χ0) is 36.3. The van der Waals surface area contributed by atoms with Crippen molar-refractivity contribution in [2.24, 2.45) is 34.0 Å². The van der Waals surface area contributed by atoms with E-state index in [4.69, 9.17) is 28.1 Å². The van der Waals surface area contributed by atoms with E-state index >= 15 is 0 Å². The first-order valence-electron chi connectivity index (χ1n) is 17.5. The molecule has 0 N–H and O–H groups in total. The summed E-state index contributed by atoms with van der Waals surface area (Å²) >= 11 is 0. The molecule has 0 spiro atoms. The molecular formula is C38H52O11. The molecule has 11 unspecified atom stereocenters. The van der Waals surface area contributed by atoms with Gasteiger partial charge in [0, 0.05) is 49.4 Å². The SMILES string of the molecule is CCC(C)C(OC(C)=O)C(=O)OC1CC2C(C)(CC(OC(C)=O)C3C(C)(C)OC(=O)CC(OC(C)=O)C32C)C2=CCC(c3ccoc3)C21C. The first-order chi connectivity index (χ1) is 22.8. The van der Waals surface area contributed by atoms with Crippen LogP contribution in [0, 0.1) is 34.0 Å². The van der Waals surface area contributed by atoms with Gasteiger partial charge in [0.05, 0.1) is 18.9 Å². The van der Waals surface area contributed by atoms with Crippen LogP contribution in [0.5, 0.6) is 0 Å². The summed E-state index contributed by atoms with van der Waals surface area (Å²) in [4.78, 5) is 65.1. The van der Waals surface area contributed by atoms with Crippen LogP contribution in [0.4, 0.5) is 0 Å². The molecule has 1 saturated heterocycles. The maximum Gasteiger partial charge on any atom is 0.348 e. The van der Waals surface area contributed by atoms with Crippen LogP contribution < -0.4 is 0 Å². The average Bonchev–Trinajstić information content (AvgIpc) is 3.62. The van der Waals surface area contributed by atoms with Gasteiger partial charge in [-0.3, -0.25) is 19.2 Å². The lowest BCUT2D eigenvalue weighted by molar-refractivity contribution is -0.242. The maximum atomic E-state index is 14.1. The number of furan rings is 1. The highest BCUT2D eigenvalue weighted by Gasteiger charge is 2.73. The highest BCUT2D eigenvalue weighted by molar-refractivity contribution is 5.79. The van der Waals surface area contributed by atoms with Gasteiger partial charge in [-0.2, -0.15) is 0 Å². The van der Waals surface area contributed by atoms with Crippen molar-refractivity contribution in [1.29, 1.82) is 0 Å². The molecule has 0 aromatic carbocycles. The molecule has 1 aromatic heterocycles. The van der Waals surface area contributed by atoms with E-state index in [-0.39, 0.29) is 24.2 Å². The fourth-order valence-electron chi connectivity index (χ4n) is 10.6. The van der Waals surface area contributed by atoms with Gasteiger partial charge in [-0.1, -0.05) is 46.3 Å². The van der Waals surface area contributed by atoms with Gasteiger partial charge in [-0.05, 0) is 62.5 Å². The van der Waals surface area contributed by atoms with Crippen LogP contribution in [0.3, 0.4) is 0 Å². The van der Waals surface area contributed by atoms with Crippen molar-refractivity contribution in [3.8, 4) is 0 Å². The van der Waals surface area contributed by atoms with Crippen LogP contribution in [-0.4, -0.2) is 59.9 Å². The number of esters is 5. The van der Waals surface area contributed by atoms with Crippen molar-refractivity contribution in [2.75, 3.05) is 0 Å². The number of cyclic esters (lactones) is 1. The summed E-state index contributed by atoms with van der Waals surface area (Å²) in [6, 6.07) is 1.92. The lowest BCUT2D eigenvalue weighted by Gasteiger charge is -2.67. The molecule has 11 heteroatoms. The Balaban J connectivity index is 1.72. The zero-order valence-corrected chi connectivity index (χ0v) is 30.5. The Labute approximate surface area is 288 Å². The molecule has 3 aliphatic carbocycles. The summed E-state index contributed by atoms with van der Waals surface area (Å²) in [6.07, 6.45) is 3.91. The van der Waals surface area contributed by atoms with Crippen molar-refractivity contribution in [3.63, 3.8) is 0 Å². The molecule has 270 valence electrons. The average molecular weight is 685 g/mol. The summed E-state index contributed by atoms with van der Waals surface area (Å²) in [5, 5.41) is 0. The highest BCUT2D eigenvalue weighted by Crippen LogP contribution is 2.73. The number of hydrogen-bond acceptors (Lipinski definition) is 11. The zero-order valence-electron chi connectivity index (χ0n) is 30.5. The molecule has 0 radical (unpaired) electrons. The van der Waals surface area contributed by atoms with E-state index in [9.17, 15) is 24.0 Å². The molecule has 4 aliphatic rings. The Morgan fingerprint density at radius 3 is 2.20 bits per heavy atom. The topological polar surface area (TPSA) is 145 Å². The molecule has 49 heavy (non-hydrogen) atoms. The van der Waals surface area contributed by atoms with Gasteiger partial charge in [-0.15, -0.1) is 0 Å². The molecule has 0 bridgehead atoms. The second-order valence-electron chi connectivity index (χ2n) is 15.9. The minimum absolute atomic E-state index is 0.120. The van der Waals surface area contributed by atoms with Crippen molar-refractivity contribution in [1.82, 2.24) is 0 Å². The lowest BCUT2D eigenvalue weighted by Crippen LogP contribution is -2.68. The molecule has 11 atom stereocenters. The predicted molar refractivity (Wildman–Crippen MR) is 175 cm³/mol. The Morgan fingerprint density at radius 2 is 1.63 bits per heavy atom. The monoisotopic (exact) mass is 684 g/mol. The van der Waals surface area contributed by atoms with E-state index < -0.39 is 82.0 Å². The van der Waals surface area contributed by atoms with Gasteiger partial charge in [0.2, 0.25) is 6.10 Å². The summed E-state index contributed by atoms with van der Waals surface area (Å²) < 4.78 is 35.9. The minimum atomic E-state index is -1.12. The van der Waals surface area contributed by atoms with Crippen LogP contribution in [-0.2, 0) is 47.7 Å². The standard InChI is InChI=1S/C38H52O11/c1-11-20(2)32(47-23(5)41)34(43)48-29-16-28-36(8,27-13-12-25(37(27,29)9)24-14-15-44-19-24)18-26(45-21(3)39)33-35(6,7)49-31(42)17-30(38(28,33)10)46-22(4)40/h13-15,19-20,25-26,28-30,32-33H,11-12,16-18H2,1-10H3. The molecule has 11 nitrogen and oxygen atoms in total. The van der Waals surface area contributed by atoms with E-state index in [0.717, 1.165) is 11.1 Å². The number of carbonyl (C=O) groups excluding carboxylic acids is 5. The van der Waals surface area contributed by atoms with Gasteiger partial charge in [0.25, 0.3) is 0 Å². The molecule has 2 saturated carbocycles. The predicted octanol–water partition coefficient (Wildman–Crippen LogP) is 6.23. The van der Waals surface area contributed by atoms with Crippen molar-refractivity contribution < 1.29 is 52.1 Å². The largest absolute Gasteiger partial charge is 0.472 e. The minimum Gasteiger partial charge on any atom is -0.472 e. The summed E-state index contributed by atoms with van der Waals surface area (Å²) in [5.74, 6) is -4.06. The quantitative estimate of drug-likeness (QED) is 0.175. The third-order valence-corrected chi connectivity index (χ3v) is 12.5. The maximum absolute atomic E-state index is 14.1. The molecule has 1 aromatic rings. The number of ether oxygens (including phenoxy) is 5. The smallest absolute Gasteiger partial charge is 0.348 e. The van der Waals surface area contributed by atoms with E-state index in [1.807, 2.05) is 40.7 Å². The van der Waals surface area contributed by atoms with Crippen LogP contribution >= 0.6 is 0 Å². The first kappa shape index (κ1) is 36.6. The Bertz CT molecular complexity index is 1510. The molecule has 0 amide bonds. The lowest BCUT2D eigenvalue weighted by atomic mass is 9.39. The van der Waals surface area contributed by atoms with Gasteiger partial charge in [-0.25, -0.2) is 4.79 Å². The number of hydrogen-bond donors (Lipinski definition) is 0. The second kappa shape index (κ2) is 12.9. The third-order valence-electron chi connectivity index (χ3n) is 12.5. The van der Waals surface area contributed by atoms with Crippen molar-refractivity contribution >= 4 is 29.8 Å². The third kappa shape index (κ3) is 6.09. The van der Waals surface area contributed by atoms with Crippen molar-refractivity contribution in [3.05, 3.63) is 35.8 Å². The number of rotatable bonds is 8. The Kier molecular flexibility index (Phi) is 9.66. The van der Waals surface area contributed by atoms with E-state index in [1.165, 1.54) is 20.8 Å². The van der Waals surface area contributed by atoms with E-state index in [1.54, 1.807) is 12.5 Å². The molecule has 5 rings (SSSR count). The van der Waals surface area contributed by atoms with Gasteiger partial charge < -0.3 is 28.1 Å². The second-order valence-corrected chi connectivity index (χ2v) is 15.9. The van der Waals surface area contributed by atoms with Gasteiger partial charge in [0.1, 0.15) is 23.9 Å². The molecule has 2 heterocycles.